The fraction of sp³-hybridized carbons (Fsp3) is 0.167. The van der Waals surface area contributed by atoms with Crippen LogP contribution < -0.4 is 4.72 Å². The summed E-state index contributed by atoms with van der Waals surface area (Å²) in [5, 5.41) is 0. The average molecular weight is 185 g/mol. The molecule has 1 heterocycles. The molecule has 0 bridgehead atoms. The van der Waals surface area contributed by atoms with Gasteiger partial charge in [-0.2, -0.15) is 4.99 Å². The normalized spacial score (nSPS) is 15.6. The van der Waals surface area contributed by atoms with Crippen LogP contribution in [0.2, 0.25) is 0 Å². The summed E-state index contributed by atoms with van der Waals surface area (Å²) in [5.41, 5.74) is 0. The lowest BCUT2D eigenvalue weighted by Crippen LogP contribution is -2.20. The predicted molar refractivity (Wildman–Crippen MR) is 46.6 cm³/mol. The molecule has 0 radical (unpaired) electrons. The zero-order valence-electron chi connectivity index (χ0n) is 6.35. The Kier molecular flexibility index (Phi) is 2.42. The maximum absolute atomic E-state index is 10.7. The van der Waals surface area contributed by atoms with Gasteiger partial charge in [0.05, 0.1) is 6.26 Å². The van der Waals surface area contributed by atoms with E-state index in [4.69, 9.17) is 0 Å². The molecule has 0 saturated carbocycles. The maximum atomic E-state index is 10.7. The zero-order valence-corrected chi connectivity index (χ0v) is 7.17. The summed E-state index contributed by atoms with van der Waals surface area (Å²) in [5.74, 6) is 2.73. The average Bonchev–Trinajstić information content (AvgIpc) is 2.12. The van der Waals surface area contributed by atoms with Crippen LogP contribution in [0.1, 0.15) is 0 Å². The van der Waals surface area contributed by atoms with E-state index in [1.165, 1.54) is 18.5 Å². The molecule has 0 saturated heterocycles. The van der Waals surface area contributed by atoms with Crippen molar-refractivity contribution in [3.05, 3.63) is 18.0 Å². The number of hydrogen-bond acceptors (Lipinski definition) is 4. The van der Waals surface area contributed by atoms with E-state index in [0.717, 1.165) is 6.26 Å². The Bertz CT molecular complexity index is 385. The van der Waals surface area contributed by atoms with Crippen LogP contribution in [0, 0.1) is 0 Å². The molecule has 5 nitrogen and oxygen atoms in total. The fourth-order valence-corrected chi connectivity index (χ4v) is 1.08. The van der Waals surface area contributed by atoms with Gasteiger partial charge < -0.3 is 0 Å². The van der Waals surface area contributed by atoms with Crippen molar-refractivity contribution in [1.29, 1.82) is 0 Å². The van der Waals surface area contributed by atoms with E-state index in [1.807, 2.05) is 0 Å². The number of hydrogen-bond donors (Lipinski definition) is 1. The lowest BCUT2D eigenvalue weighted by atomic mass is 10.5. The Morgan fingerprint density at radius 2 is 2.33 bits per heavy atom. The Hall–Kier alpha value is -1.39. The fourth-order valence-electron chi connectivity index (χ4n) is 0.577. The van der Waals surface area contributed by atoms with Crippen LogP contribution >= 0.6 is 0 Å². The molecular formula is C6H7N3O2S. The van der Waals surface area contributed by atoms with Gasteiger partial charge in [0.1, 0.15) is 12.2 Å². The number of aliphatic imine (C=N–C) groups is 2. The number of nitrogens with zero attached hydrogens (tertiary/aromatic N) is 2. The van der Waals surface area contributed by atoms with Crippen LogP contribution in [0.5, 0.6) is 0 Å². The van der Waals surface area contributed by atoms with Crippen molar-refractivity contribution in [3.63, 3.8) is 0 Å². The van der Waals surface area contributed by atoms with Crippen molar-refractivity contribution in [2.45, 2.75) is 0 Å². The molecule has 64 valence electrons. The highest BCUT2D eigenvalue weighted by Crippen LogP contribution is 1.94. The van der Waals surface area contributed by atoms with Crippen molar-refractivity contribution < 1.29 is 8.42 Å². The van der Waals surface area contributed by atoms with Gasteiger partial charge in [-0.1, -0.05) is 0 Å². The van der Waals surface area contributed by atoms with Crippen molar-refractivity contribution >= 4 is 22.2 Å². The minimum Gasteiger partial charge on any atom is -0.268 e. The first kappa shape index (κ1) is 8.70. The van der Waals surface area contributed by atoms with Crippen molar-refractivity contribution in [2.24, 2.45) is 9.98 Å². The third kappa shape index (κ3) is 3.14. The van der Waals surface area contributed by atoms with Gasteiger partial charge in [-0.05, 0) is 11.9 Å². The summed E-state index contributed by atoms with van der Waals surface area (Å²) in [4.78, 5) is 7.26. The topological polar surface area (TPSA) is 70.9 Å². The smallest absolute Gasteiger partial charge is 0.230 e. The molecule has 0 atom stereocenters. The molecule has 1 aliphatic heterocycles. The van der Waals surface area contributed by atoms with Gasteiger partial charge in [-0.15, -0.1) is 0 Å². The van der Waals surface area contributed by atoms with E-state index in [9.17, 15) is 8.42 Å². The monoisotopic (exact) mass is 185 g/mol. The van der Waals surface area contributed by atoms with Crippen molar-refractivity contribution in [1.82, 2.24) is 4.72 Å². The Morgan fingerprint density at radius 1 is 1.58 bits per heavy atom. The quantitative estimate of drug-likeness (QED) is 0.638. The number of rotatable bonds is 2. The molecule has 0 unspecified atom stereocenters. The van der Waals surface area contributed by atoms with Crippen LogP contribution in [-0.4, -0.2) is 26.9 Å². The summed E-state index contributed by atoms with van der Waals surface area (Å²) in [6, 6.07) is 0. The highest BCUT2D eigenvalue weighted by atomic mass is 32.2. The van der Waals surface area contributed by atoms with E-state index in [1.54, 1.807) is 0 Å². The molecule has 0 aromatic heterocycles. The highest BCUT2D eigenvalue weighted by molar-refractivity contribution is 7.88. The first-order valence-electron chi connectivity index (χ1n) is 3.07. The van der Waals surface area contributed by atoms with E-state index < -0.39 is 10.0 Å². The molecule has 0 spiro atoms. The first-order valence-corrected chi connectivity index (χ1v) is 4.96. The molecule has 0 fully saturated rings. The van der Waals surface area contributed by atoms with Crippen LogP contribution in [0.4, 0.5) is 0 Å². The molecular weight excluding hydrogens is 178 g/mol. The standard InChI is InChI=1S/C6H7N3O2S/c1-12(10,11)9-6-3-2-4-7-5-8-6/h2-3,5,9H,1H3. The van der Waals surface area contributed by atoms with Gasteiger partial charge in [-0.25, -0.2) is 13.4 Å². The summed E-state index contributed by atoms with van der Waals surface area (Å²) in [6.07, 6.45) is 5.21. The number of allylic oxidation sites excluding steroid dienone is 2. The Labute approximate surface area is 70.3 Å². The van der Waals surface area contributed by atoms with Gasteiger partial charge in [0.2, 0.25) is 10.0 Å². The van der Waals surface area contributed by atoms with Crippen molar-refractivity contribution in [3.8, 4) is 0 Å². The van der Waals surface area contributed by atoms with E-state index in [0.29, 0.717) is 0 Å². The SMILES string of the molecule is CS(=O)(=O)NC1=CC=C=NC=N1. The third-order valence-corrected chi connectivity index (χ3v) is 1.51. The lowest BCUT2D eigenvalue weighted by molar-refractivity contribution is 0.594. The second-order valence-corrected chi connectivity index (χ2v) is 3.84. The number of sulfonamides is 1. The largest absolute Gasteiger partial charge is 0.268 e. The van der Waals surface area contributed by atoms with Crippen LogP contribution in [-0.2, 0) is 10.0 Å². The number of nitrogens with one attached hydrogen (secondary N) is 1. The predicted octanol–water partition coefficient (Wildman–Crippen LogP) is -0.355. The van der Waals surface area contributed by atoms with Gasteiger partial charge in [0.25, 0.3) is 0 Å². The third-order valence-electron chi connectivity index (χ3n) is 0.935. The lowest BCUT2D eigenvalue weighted by Gasteiger charge is -2.00. The minimum atomic E-state index is -3.26. The molecule has 6 heteroatoms. The second-order valence-electron chi connectivity index (χ2n) is 2.10. The molecule has 0 amide bonds. The zero-order chi connectivity index (χ0) is 9.03. The second kappa shape index (κ2) is 3.34. The molecule has 1 N–H and O–H groups in total. The van der Waals surface area contributed by atoms with E-state index in [-0.39, 0.29) is 5.82 Å². The molecule has 0 aromatic carbocycles. The minimum absolute atomic E-state index is 0.228. The van der Waals surface area contributed by atoms with Gasteiger partial charge in [-0.3, -0.25) is 4.72 Å². The summed E-state index contributed by atoms with van der Waals surface area (Å²) < 4.78 is 23.6. The van der Waals surface area contributed by atoms with Crippen LogP contribution in [0.25, 0.3) is 0 Å². The van der Waals surface area contributed by atoms with Gasteiger partial charge in [0.15, 0.2) is 0 Å². The van der Waals surface area contributed by atoms with Crippen LogP contribution in [0.15, 0.2) is 28.0 Å². The Balaban J connectivity index is 2.80. The summed E-state index contributed by atoms with van der Waals surface area (Å²) >= 11 is 0. The molecule has 1 rings (SSSR count). The van der Waals surface area contributed by atoms with Gasteiger partial charge >= 0.3 is 0 Å². The van der Waals surface area contributed by atoms with Crippen LogP contribution in [0.3, 0.4) is 0 Å². The Morgan fingerprint density at radius 3 is 3.00 bits per heavy atom. The molecule has 0 aliphatic carbocycles. The van der Waals surface area contributed by atoms with E-state index in [2.05, 4.69) is 20.6 Å². The molecule has 0 aromatic rings. The first-order chi connectivity index (χ1) is 5.58. The summed E-state index contributed by atoms with van der Waals surface area (Å²) in [7, 11) is -3.26. The highest BCUT2D eigenvalue weighted by Gasteiger charge is 2.01. The van der Waals surface area contributed by atoms with E-state index >= 15 is 0 Å². The van der Waals surface area contributed by atoms with Crippen molar-refractivity contribution in [2.75, 3.05) is 6.26 Å². The summed E-state index contributed by atoms with van der Waals surface area (Å²) in [6.45, 7) is 0. The van der Waals surface area contributed by atoms with Gasteiger partial charge in [0, 0.05) is 6.08 Å². The maximum Gasteiger partial charge on any atom is 0.230 e. The molecule has 12 heavy (non-hydrogen) atoms. The molecule has 1 aliphatic rings.